The molecule has 0 bridgehead atoms. The molecule has 1 aromatic heterocycles. The van der Waals surface area contributed by atoms with Gasteiger partial charge in [0.25, 0.3) is 5.91 Å². The maximum atomic E-state index is 13.2. The highest BCUT2D eigenvalue weighted by Crippen LogP contribution is 2.32. The van der Waals surface area contributed by atoms with E-state index in [0.29, 0.717) is 5.56 Å². The van der Waals surface area contributed by atoms with E-state index in [2.05, 4.69) is 11.4 Å². The molecule has 152 valence electrons. The number of hydrogen-bond acceptors (Lipinski definition) is 3. The Morgan fingerprint density at radius 2 is 1.86 bits per heavy atom. The minimum absolute atomic E-state index is 0.223. The molecule has 0 unspecified atom stereocenters. The van der Waals surface area contributed by atoms with Gasteiger partial charge >= 0.3 is 6.03 Å². The van der Waals surface area contributed by atoms with Crippen LogP contribution in [0.5, 0.6) is 0 Å². The first kappa shape index (κ1) is 19.4. The molecule has 0 radical (unpaired) electrons. The number of ketones is 1. The third-order valence-corrected chi connectivity index (χ3v) is 6.44. The van der Waals surface area contributed by atoms with Crippen molar-refractivity contribution >= 4 is 17.7 Å². The normalized spacial score (nSPS) is 20.9. The minimum Gasteiger partial charge on any atom is -0.349 e. The average Bonchev–Trinajstić information content (AvgIpc) is 3.33. The van der Waals surface area contributed by atoms with Crippen LogP contribution in [0.25, 0.3) is 0 Å². The van der Waals surface area contributed by atoms with Crippen LogP contribution >= 0.6 is 0 Å². The van der Waals surface area contributed by atoms with Crippen molar-refractivity contribution in [2.24, 2.45) is 0 Å². The lowest BCUT2D eigenvalue weighted by molar-refractivity contribution is -0.130. The Hall–Kier alpha value is -2.89. The number of urea groups is 1. The second kappa shape index (κ2) is 6.87. The topological polar surface area (TPSA) is 71.4 Å². The van der Waals surface area contributed by atoms with E-state index in [9.17, 15) is 14.4 Å². The lowest BCUT2D eigenvalue weighted by Crippen LogP contribution is -2.41. The molecule has 1 fully saturated rings. The van der Waals surface area contributed by atoms with Crippen molar-refractivity contribution in [2.45, 2.75) is 59.0 Å². The lowest BCUT2D eigenvalue weighted by Gasteiger charge is -2.23. The number of hydrogen-bond donors (Lipinski definition) is 1. The molecule has 4 rings (SSSR count). The van der Waals surface area contributed by atoms with Gasteiger partial charge in [-0.2, -0.15) is 0 Å². The third-order valence-electron chi connectivity index (χ3n) is 6.44. The van der Waals surface area contributed by atoms with Crippen molar-refractivity contribution in [3.63, 3.8) is 0 Å². The standard InChI is InChI=1S/C23H27N3O3/c1-5-25-14(2)11-19(15(25)3)20(27)13-26-21(28)23(4,24-22(26)29)18-10-9-16-7-6-8-17(16)12-18/h9-12H,5-8,13H2,1-4H3,(H,24,29)/t23-/m0/s1. The first-order valence-corrected chi connectivity index (χ1v) is 10.2. The second-order valence-corrected chi connectivity index (χ2v) is 8.24. The SMILES string of the molecule is CCn1c(C)cc(C(=O)CN2C(=O)N[C@@](C)(c3ccc4c(c3)CCC4)C2=O)c1C. The van der Waals surface area contributed by atoms with Gasteiger partial charge in [0.1, 0.15) is 5.54 Å². The van der Waals surface area contributed by atoms with Crippen LogP contribution in [0.1, 0.15) is 58.7 Å². The van der Waals surface area contributed by atoms with Gasteiger partial charge in [-0.1, -0.05) is 18.2 Å². The Balaban J connectivity index is 1.59. The number of benzene rings is 1. The highest BCUT2D eigenvalue weighted by molar-refractivity contribution is 6.11. The van der Waals surface area contributed by atoms with Gasteiger partial charge < -0.3 is 9.88 Å². The van der Waals surface area contributed by atoms with Crippen LogP contribution in [-0.4, -0.2) is 33.7 Å². The van der Waals surface area contributed by atoms with E-state index in [0.717, 1.165) is 47.7 Å². The maximum absolute atomic E-state index is 13.2. The van der Waals surface area contributed by atoms with Crippen molar-refractivity contribution in [3.8, 4) is 0 Å². The number of imide groups is 1. The number of aryl methyl sites for hydroxylation is 3. The Morgan fingerprint density at radius 3 is 2.55 bits per heavy atom. The number of amides is 3. The van der Waals surface area contributed by atoms with Crippen LogP contribution in [0.2, 0.25) is 0 Å². The van der Waals surface area contributed by atoms with Crippen molar-refractivity contribution in [3.05, 3.63) is 57.9 Å². The molecule has 6 heteroatoms. The Bertz CT molecular complexity index is 1040. The zero-order valence-electron chi connectivity index (χ0n) is 17.5. The third kappa shape index (κ3) is 2.98. The first-order chi connectivity index (χ1) is 13.8. The zero-order valence-corrected chi connectivity index (χ0v) is 17.5. The quantitative estimate of drug-likeness (QED) is 0.626. The van der Waals surface area contributed by atoms with Crippen LogP contribution in [0, 0.1) is 13.8 Å². The predicted molar refractivity (Wildman–Crippen MR) is 110 cm³/mol. The molecule has 0 spiro atoms. The van der Waals surface area contributed by atoms with Gasteiger partial charge in [0.05, 0.1) is 6.54 Å². The molecule has 2 aromatic rings. The van der Waals surface area contributed by atoms with E-state index in [1.54, 1.807) is 6.92 Å². The summed E-state index contributed by atoms with van der Waals surface area (Å²) in [5.41, 5.74) is 4.61. The Kier molecular flexibility index (Phi) is 4.60. The summed E-state index contributed by atoms with van der Waals surface area (Å²) < 4.78 is 2.05. The number of carbonyl (C=O) groups is 3. The number of nitrogens with zero attached hydrogens (tertiary/aromatic N) is 2. The summed E-state index contributed by atoms with van der Waals surface area (Å²) in [4.78, 5) is 39.8. The average molecular weight is 393 g/mol. The molecule has 2 heterocycles. The van der Waals surface area contributed by atoms with Gasteiger partial charge in [-0.05, 0) is 69.7 Å². The molecule has 2 aliphatic rings. The fourth-order valence-electron chi connectivity index (χ4n) is 4.72. The summed E-state index contributed by atoms with van der Waals surface area (Å²) in [5, 5.41) is 2.82. The number of aromatic nitrogens is 1. The summed E-state index contributed by atoms with van der Waals surface area (Å²) >= 11 is 0. The fourth-order valence-corrected chi connectivity index (χ4v) is 4.72. The number of fused-ring (bicyclic) bond motifs is 1. The van der Waals surface area contributed by atoms with E-state index in [4.69, 9.17) is 0 Å². The molecule has 1 aliphatic carbocycles. The highest BCUT2D eigenvalue weighted by atomic mass is 16.2. The van der Waals surface area contributed by atoms with Gasteiger partial charge in [0.2, 0.25) is 0 Å². The van der Waals surface area contributed by atoms with E-state index < -0.39 is 11.6 Å². The molecule has 29 heavy (non-hydrogen) atoms. The molecule has 1 saturated heterocycles. The Labute approximate surface area is 170 Å². The molecule has 1 N–H and O–H groups in total. The van der Waals surface area contributed by atoms with E-state index in [1.807, 2.05) is 43.5 Å². The number of Topliss-reactive ketones (excluding diaryl/α,β-unsaturated/α-hetero) is 1. The van der Waals surface area contributed by atoms with Crippen LogP contribution in [-0.2, 0) is 29.7 Å². The van der Waals surface area contributed by atoms with Crippen molar-refractivity contribution in [1.29, 1.82) is 0 Å². The first-order valence-electron chi connectivity index (χ1n) is 10.2. The molecular weight excluding hydrogens is 366 g/mol. The molecule has 1 aromatic carbocycles. The predicted octanol–water partition coefficient (Wildman–Crippen LogP) is 3.26. The van der Waals surface area contributed by atoms with Gasteiger partial charge in [0, 0.05) is 23.5 Å². The second-order valence-electron chi connectivity index (χ2n) is 8.24. The van der Waals surface area contributed by atoms with E-state index >= 15 is 0 Å². The van der Waals surface area contributed by atoms with Crippen molar-refractivity contribution in [2.75, 3.05) is 6.54 Å². The molecule has 1 aliphatic heterocycles. The van der Waals surface area contributed by atoms with Gasteiger partial charge in [0.15, 0.2) is 5.78 Å². The smallest absolute Gasteiger partial charge is 0.325 e. The Morgan fingerprint density at radius 1 is 1.14 bits per heavy atom. The van der Waals surface area contributed by atoms with Crippen LogP contribution in [0.15, 0.2) is 24.3 Å². The van der Waals surface area contributed by atoms with Crippen molar-refractivity contribution < 1.29 is 14.4 Å². The van der Waals surface area contributed by atoms with Gasteiger partial charge in [-0.3, -0.25) is 14.5 Å². The number of rotatable bonds is 5. The summed E-state index contributed by atoms with van der Waals surface area (Å²) in [6.45, 7) is 8.10. The molecule has 1 atom stereocenters. The lowest BCUT2D eigenvalue weighted by atomic mass is 9.89. The summed E-state index contributed by atoms with van der Waals surface area (Å²) in [5.74, 6) is -0.599. The molecule has 3 amide bonds. The summed E-state index contributed by atoms with van der Waals surface area (Å²) in [6.07, 6.45) is 3.17. The summed E-state index contributed by atoms with van der Waals surface area (Å²) in [7, 11) is 0. The monoisotopic (exact) mass is 393 g/mol. The zero-order chi connectivity index (χ0) is 20.9. The minimum atomic E-state index is -1.14. The number of carbonyl (C=O) groups excluding carboxylic acids is 3. The van der Waals surface area contributed by atoms with Crippen LogP contribution in [0.4, 0.5) is 4.79 Å². The van der Waals surface area contributed by atoms with Crippen LogP contribution < -0.4 is 5.32 Å². The van der Waals surface area contributed by atoms with Gasteiger partial charge in [-0.25, -0.2) is 4.79 Å². The maximum Gasteiger partial charge on any atom is 0.325 e. The molecular formula is C23H27N3O3. The van der Waals surface area contributed by atoms with E-state index in [-0.39, 0.29) is 18.2 Å². The molecule has 6 nitrogen and oxygen atoms in total. The van der Waals surface area contributed by atoms with Crippen molar-refractivity contribution in [1.82, 2.24) is 14.8 Å². The summed E-state index contributed by atoms with van der Waals surface area (Å²) in [6, 6.07) is 7.31. The van der Waals surface area contributed by atoms with E-state index in [1.165, 1.54) is 11.1 Å². The number of nitrogens with one attached hydrogen (secondary N) is 1. The van der Waals surface area contributed by atoms with Gasteiger partial charge in [-0.15, -0.1) is 0 Å². The molecule has 0 saturated carbocycles. The highest BCUT2D eigenvalue weighted by Gasteiger charge is 2.49. The largest absolute Gasteiger partial charge is 0.349 e. The van der Waals surface area contributed by atoms with Crippen LogP contribution in [0.3, 0.4) is 0 Å². The fraction of sp³-hybridized carbons (Fsp3) is 0.435.